The fourth-order valence-corrected chi connectivity index (χ4v) is 5.31. The van der Waals surface area contributed by atoms with Crippen molar-refractivity contribution in [3.63, 3.8) is 0 Å². The first-order valence-electron chi connectivity index (χ1n) is 8.38. The Morgan fingerprint density at radius 3 is 1.67 bits per heavy atom. The van der Waals surface area contributed by atoms with Crippen LogP contribution in [0.25, 0.3) is 0 Å². The monoisotopic (exact) mass is 380 g/mol. The number of nitro benzene ring substituents is 1. The van der Waals surface area contributed by atoms with Crippen LogP contribution in [0.15, 0.2) is 89.8 Å². The van der Waals surface area contributed by atoms with Gasteiger partial charge in [-0.05, 0) is 17.2 Å². The maximum Gasteiger partial charge on any atom is 0.289 e. The van der Waals surface area contributed by atoms with Gasteiger partial charge in [-0.3, -0.25) is 10.1 Å². The fourth-order valence-electron chi connectivity index (χ4n) is 3.41. The molecule has 1 heterocycles. The van der Waals surface area contributed by atoms with E-state index in [0.717, 1.165) is 11.1 Å². The Morgan fingerprint density at radius 1 is 0.741 bits per heavy atom. The Morgan fingerprint density at radius 2 is 1.19 bits per heavy atom. The molecule has 3 atom stereocenters. The molecule has 1 saturated heterocycles. The lowest BCUT2D eigenvalue weighted by molar-refractivity contribution is -0.387. The molecule has 1 fully saturated rings. The zero-order valence-corrected chi connectivity index (χ0v) is 15.0. The van der Waals surface area contributed by atoms with Gasteiger partial charge in [-0.1, -0.05) is 72.8 Å². The average molecular weight is 380 g/mol. The van der Waals surface area contributed by atoms with Crippen LogP contribution in [0.1, 0.15) is 23.2 Å². The highest BCUT2D eigenvalue weighted by Gasteiger charge is 2.57. The van der Waals surface area contributed by atoms with Crippen LogP contribution in [0.3, 0.4) is 0 Å². The summed E-state index contributed by atoms with van der Waals surface area (Å²) < 4.78 is 28.0. The SMILES string of the molecule is O=[N+]([O-])c1ccccc1S(=O)(=O)N1[C@H](c2ccccc2)[C@@H]1c1ccccc1. The molecule has 0 aromatic heterocycles. The van der Waals surface area contributed by atoms with Crippen LogP contribution in [-0.4, -0.2) is 17.6 Å². The Labute approximate surface area is 156 Å². The summed E-state index contributed by atoms with van der Waals surface area (Å²) in [5, 5.41) is 11.3. The van der Waals surface area contributed by atoms with Crippen molar-refractivity contribution >= 4 is 15.7 Å². The molecule has 0 N–H and O–H groups in total. The molecule has 27 heavy (non-hydrogen) atoms. The summed E-state index contributed by atoms with van der Waals surface area (Å²) in [4.78, 5) is 10.4. The summed E-state index contributed by atoms with van der Waals surface area (Å²) in [5.41, 5.74) is 1.30. The van der Waals surface area contributed by atoms with Gasteiger partial charge in [0.15, 0.2) is 4.90 Å². The molecule has 0 amide bonds. The van der Waals surface area contributed by atoms with Crippen LogP contribution in [0.4, 0.5) is 5.69 Å². The standard InChI is InChI=1S/C20H16N2O4S/c23-22(24)17-13-7-8-14-18(17)27(25,26)21-19(15-9-3-1-4-10-15)20(21)16-11-5-2-6-12-16/h1-14,19-20H/t19-,20+,21?. The molecule has 0 aliphatic carbocycles. The van der Waals surface area contributed by atoms with E-state index in [1.165, 1.54) is 28.6 Å². The molecule has 0 spiro atoms. The van der Waals surface area contributed by atoms with Crippen molar-refractivity contribution in [2.75, 3.05) is 0 Å². The molecular formula is C20H16N2O4S. The first-order valence-corrected chi connectivity index (χ1v) is 9.82. The van der Waals surface area contributed by atoms with Crippen molar-refractivity contribution in [2.24, 2.45) is 0 Å². The van der Waals surface area contributed by atoms with Crippen LogP contribution < -0.4 is 0 Å². The largest absolute Gasteiger partial charge is 0.289 e. The molecule has 4 rings (SSSR count). The smallest absolute Gasteiger partial charge is 0.258 e. The predicted molar refractivity (Wildman–Crippen MR) is 100 cm³/mol. The molecule has 7 heteroatoms. The quantitative estimate of drug-likeness (QED) is 0.379. The number of rotatable bonds is 5. The van der Waals surface area contributed by atoms with E-state index < -0.39 is 32.7 Å². The van der Waals surface area contributed by atoms with Gasteiger partial charge in [0.05, 0.1) is 17.0 Å². The van der Waals surface area contributed by atoms with Gasteiger partial charge in [0.2, 0.25) is 0 Å². The van der Waals surface area contributed by atoms with E-state index in [1.807, 2.05) is 60.7 Å². The van der Waals surface area contributed by atoms with E-state index in [2.05, 4.69) is 0 Å². The van der Waals surface area contributed by atoms with Gasteiger partial charge in [-0.25, -0.2) is 8.42 Å². The third kappa shape index (κ3) is 3.01. The minimum Gasteiger partial charge on any atom is -0.258 e. The summed E-state index contributed by atoms with van der Waals surface area (Å²) in [6.07, 6.45) is 0. The molecule has 6 nitrogen and oxygen atoms in total. The van der Waals surface area contributed by atoms with Gasteiger partial charge in [0, 0.05) is 6.07 Å². The van der Waals surface area contributed by atoms with Crippen molar-refractivity contribution in [3.05, 3.63) is 106 Å². The first-order chi connectivity index (χ1) is 13.0. The van der Waals surface area contributed by atoms with Crippen LogP contribution >= 0.6 is 0 Å². The summed E-state index contributed by atoms with van der Waals surface area (Å²) in [7, 11) is -4.04. The lowest BCUT2D eigenvalue weighted by Crippen LogP contribution is -2.15. The number of hydrogen-bond acceptors (Lipinski definition) is 4. The highest BCUT2D eigenvalue weighted by molar-refractivity contribution is 7.89. The number of sulfonamides is 1. The summed E-state index contributed by atoms with van der Waals surface area (Å²) in [5.74, 6) is 0. The minimum atomic E-state index is -4.04. The van der Waals surface area contributed by atoms with Crippen molar-refractivity contribution in [1.29, 1.82) is 0 Å². The van der Waals surface area contributed by atoms with Gasteiger partial charge in [-0.2, -0.15) is 4.31 Å². The number of para-hydroxylation sites is 1. The normalized spacial score (nSPS) is 21.6. The number of nitrogens with zero attached hydrogens (tertiary/aromatic N) is 2. The fraction of sp³-hybridized carbons (Fsp3) is 0.100. The second-order valence-corrected chi connectivity index (χ2v) is 8.08. The highest BCUT2D eigenvalue weighted by Crippen LogP contribution is 2.58. The second kappa shape index (κ2) is 6.61. The van der Waals surface area contributed by atoms with Gasteiger partial charge in [0.1, 0.15) is 0 Å². The number of nitro groups is 1. The van der Waals surface area contributed by atoms with Crippen LogP contribution in [0.2, 0.25) is 0 Å². The van der Waals surface area contributed by atoms with Crippen LogP contribution in [0, 0.1) is 10.1 Å². The van der Waals surface area contributed by atoms with Gasteiger partial charge in [0.25, 0.3) is 15.7 Å². The molecule has 0 bridgehead atoms. The van der Waals surface area contributed by atoms with Crippen molar-refractivity contribution < 1.29 is 13.3 Å². The summed E-state index contributed by atoms with van der Waals surface area (Å²) in [6, 6.07) is 23.3. The van der Waals surface area contributed by atoms with Gasteiger partial charge < -0.3 is 0 Å². The lowest BCUT2D eigenvalue weighted by Gasteiger charge is -2.07. The molecule has 1 aliphatic rings. The predicted octanol–water partition coefficient (Wildman–Crippen LogP) is 4.08. The molecule has 1 unspecified atom stereocenters. The summed E-state index contributed by atoms with van der Waals surface area (Å²) >= 11 is 0. The van der Waals surface area contributed by atoms with E-state index in [1.54, 1.807) is 0 Å². The third-order valence-corrected chi connectivity index (χ3v) is 6.57. The minimum absolute atomic E-state index is 0.283. The van der Waals surface area contributed by atoms with E-state index in [0.29, 0.717) is 0 Å². The Hall–Kier alpha value is -3.03. The van der Waals surface area contributed by atoms with E-state index >= 15 is 0 Å². The topological polar surface area (TPSA) is 80.3 Å². The number of hydrogen-bond donors (Lipinski definition) is 0. The van der Waals surface area contributed by atoms with Crippen LogP contribution in [-0.2, 0) is 10.0 Å². The zero-order valence-electron chi connectivity index (χ0n) is 14.2. The van der Waals surface area contributed by atoms with E-state index in [-0.39, 0.29) is 4.90 Å². The average Bonchev–Trinajstić information content (AvgIpc) is 3.46. The maximum atomic E-state index is 13.3. The molecular weight excluding hydrogens is 364 g/mol. The van der Waals surface area contributed by atoms with E-state index in [4.69, 9.17) is 0 Å². The van der Waals surface area contributed by atoms with Crippen molar-refractivity contribution in [2.45, 2.75) is 17.0 Å². The Kier molecular flexibility index (Phi) is 4.25. The molecule has 1 aliphatic heterocycles. The maximum absolute atomic E-state index is 13.3. The van der Waals surface area contributed by atoms with Gasteiger partial charge in [-0.15, -0.1) is 0 Å². The highest BCUT2D eigenvalue weighted by atomic mass is 32.2. The third-order valence-electron chi connectivity index (χ3n) is 4.66. The first kappa shape index (κ1) is 17.4. The van der Waals surface area contributed by atoms with Crippen molar-refractivity contribution in [1.82, 2.24) is 4.31 Å². The van der Waals surface area contributed by atoms with Crippen LogP contribution in [0.5, 0.6) is 0 Å². The molecule has 0 saturated carbocycles. The van der Waals surface area contributed by atoms with Crippen molar-refractivity contribution in [3.8, 4) is 0 Å². The Bertz CT molecular complexity index is 1040. The second-order valence-electron chi connectivity index (χ2n) is 6.27. The molecule has 3 aromatic carbocycles. The molecule has 136 valence electrons. The molecule has 3 aromatic rings. The Balaban J connectivity index is 1.82. The molecule has 0 radical (unpaired) electrons. The van der Waals surface area contributed by atoms with E-state index in [9.17, 15) is 18.5 Å². The lowest BCUT2D eigenvalue weighted by atomic mass is 10.0. The summed E-state index contributed by atoms with van der Waals surface area (Å²) in [6.45, 7) is 0. The van der Waals surface area contributed by atoms with Gasteiger partial charge >= 0.3 is 0 Å². The number of benzene rings is 3. The zero-order chi connectivity index (χ0) is 19.0.